The molecule has 3 N–H and O–H groups in total. The molecule has 0 aliphatic carbocycles. The van der Waals surface area contributed by atoms with E-state index in [1.54, 1.807) is 18.2 Å². The van der Waals surface area contributed by atoms with E-state index in [2.05, 4.69) is 36.6 Å². The molecule has 0 spiro atoms. The molecule has 2 aromatic rings. The summed E-state index contributed by atoms with van der Waals surface area (Å²) in [4.78, 5) is 25.8. The van der Waals surface area contributed by atoms with Gasteiger partial charge in [0.15, 0.2) is 24.6 Å². The lowest BCUT2D eigenvalue weighted by molar-refractivity contribution is -0.881. The number of hydrogen-bond donors (Lipinski definition) is 3. The lowest BCUT2D eigenvalue weighted by Gasteiger charge is -2.20. The van der Waals surface area contributed by atoms with E-state index in [0.29, 0.717) is 42.9 Å². The van der Waals surface area contributed by atoms with Crippen LogP contribution in [0, 0.1) is 0 Å². The molecule has 1 unspecified atom stereocenters. The highest BCUT2D eigenvalue weighted by atomic mass is 16.6. The number of amides is 2. The minimum atomic E-state index is -0.153. The van der Waals surface area contributed by atoms with E-state index in [1.165, 1.54) is 5.56 Å². The zero-order valence-corrected chi connectivity index (χ0v) is 18.5. The van der Waals surface area contributed by atoms with E-state index < -0.39 is 0 Å². The van der Waals surface area contributed by atoms with Gasteiger partial charge in [0.2, 0.25) is 0 Å². The van der Waals surface area contributed by atoms with Crippen LogP contribution < -0.4 is 25.0 Å². The first-order valence-electron chi connectivity index (χ1n) is 10.9. The van der Waals surface area contributed by atoms with Gasteiger partial charge in [0.1, 0.15) is 13.2 Å². The topological polar surface area (TPSA) is 81.1 Å². The summed E-state index contributed by atoms with van der Waals surface area (Å²) < 4.78 is 11.0. The zero-order valence-electron chi connectivity index (χ0n) is 18.5. The molecule has 1 aliphatic heterocycles. The average molecular weight is 427 g/mol. The summed E-state index contributed by atoms with van der Waals surface area (Å²) in [6, 6.07) is 13.3. The lowest BCUT2D eigenvalue weighted by atomic mass is 9.99. The normalized spacial score (nSPS) is 14.4. The number of nitrogens with one attached hydrogen (secondary N) is 3. The minimum Gasteiger partial charge on any atom is -0.486 e. The van der Waals surface area contributed by atoms with Gasteiger partial charge in [-0.3, -0.25) is 9.59 Å². The van der Waals surface area contributed by atoms with E-state index >= 15 is 0 Å². The largest absolute Gasteiger partial charge is 0.486 e. The smallest absolute Gasteiger partial charge is 0.279 e. The number of carbonyl (C=O) groups excluding carboxylic acids is 2. The molecule has 2 amide bonds. The third-order valence-corrected chi connectivity index (χ3v) is 5.52. The molecule has 0 saturated carbocycles. The summed E-state index contributed by atoms with van der Waals surface area (Å²) in [7, 11) is 0. The van der Waals surface area contributed by atoms with Gasteiger partial charge in [0.25, 0.3) is 11.8 Å². The molecular weight excluding hydrogens is 394 g/mol. The zero-order chi connectivity index (χ0) is 22.2. The highest BCUT2D eigenvalue weighted by molar-refractivity contribution is 5.93. The van der Waals surface area contributed by atoms with E-state index in [4.69, 9.17) is 9.47 Å². The lowest BCUT2D eigenvalue weighted by Crippen LogP contribution is -3.13. The quantitative estimate of drug-likeness (QED) is 0.575. The maximum atomic E-state index is 12.5. The monoisotopic (exact) mass is 426 g/mol. The predicted octanol–water partition coefficient (Wildman–Crippen LogP) is 2.45. The fourth-order valence-corrected chi connectivity index (χ4v) is 3.43. The van der Waals surface area contributed by atoms with Crippen LogP contribution in [0.25, 0.3) is 0 Å². The van der Waals surface area contributed by atoms with Crippen LogP contribution in [-0.2, 0) is 9.59 Å². The number of likely N-dealkylation sites (N-methyl/N-ethyl adjacent to an activating group) is 1. The molecule has 0 aromatic heterocycles. The molecule has 1 heterocycles. The highest BCUT2D eigenvalue weighted by Gasteiger charge is 2.18. The van der Waals surface area contributed by atoms with Crippen LogP contribution >= 0.6 is 0 Å². The summed E-state index contributed by atoms with van der Waals surface area (Å²) in [5, 5.41) is 5.80. The molecule has 0 fully saturated rings. The molecular formula is C24H32N3O4+. The maximum Gasteiger partial charge on any atom is 0.279 e. The van der Waals surface area contributed by atoms with Gasteiger partial charge in [0.05, 0.1) is 6.54 Å². The average Bonchev–Trinajstić information content (AvgIpc) is 2.78. The predicted molar refractivity (Wildman–Crippen MR) is 121 cm³/mol. The second-order valence-electron chi connectivity index (χ2n) is 7.84. The first-order chi connectivity index (χ1) is 15.0. The van der Waals surface area contributed by atoms with Gasteiger partial charge in [-0.2, -0.15) is 0 Å². The van der Waals surface area contributed by atoms with E-state index in [9.17, 15) is 9.59 Å². The molecule has 0 bridgehead atoms. The van der Waals surface area contributed by atoms with Crippen LogP contribution in [0.2, 0.25) is 0 Å². The van der Waals surface area contributed by atoms with Gasteiger partial charge >= 0.3 is 0 Å². The number of benzene rings is 2. The van der Waals surface area contributed by atoms with Crippen molar-refractivity contribution in [3.63, 3.8) is 0 Å². The van der Waals surface area contributed by atoms with Crippen molar-refractivity contribution in [2.45, 2.75) is 33.1 Å². The molecule has 0 saturated heterocycles. The van der Waals surface area contributed by atoms with E-state index in [0.717, 1.165) is 17.0 Å². The number of hydrogen-bond acceptors (Lipinski definition) is 4. The number of anilines is 2. The Bertz CT molecular complexity index is 898. The molecule has 0 radical (unpaired) electrons. The minimum absolute atomic E-state index is 0.111. The van der Waals surface area contributed by atoms with Crippen molar-refractivity contribution in [2.75, 3.05) is 43.5 Å². The van der Waals surface area contributed by atoms with Crippen molar-refractivity contribution >= 4 is 23.2 Å². The van der Waals surface area contributed by atoms with Gasteiger partial charge in [0, 0.05) is 17.4 Å². The van der Waals surface area contributed by atoms with Crippen molar-refractivity contribution in [2.24, 2.45) is 0 Å². The summed E-state index contributed by atoms with van der Waals surface area (Å²) in [5.41, 5.74) is 2.68. The van der Waals surface area contributed by atoms with E-state index in [-0.39, 0.29) is 24.9 Å². The van der Waals surface area contributed by atoms with Crippen LogP contribution in [0.5, 0.6) is 11.5 Å². The Balaban J connectivity index is 1.50. The third kappa shape index (κ3) is 6.46. The van der Waals surface area contributed by atoms with Crippen molar-refractivity contribution in [3.8, 4) is 11.5 Å². The molecule has 31 heavy (non-hydrogen) atoms. The highest BCUT2D eigenvalue weighted by Crippen LogP contribution is 2.32. The SMILES string of the molecule is CC[C@@H](C)c1ccc(NC(=O)C[NH+](CC)CC(=O)Nc2ccc3c(c2)OCCO3)cc1. The first kappa shape index (κ1) is 22.6. The van der Waals surface area contributed by atoms with Crippen LogP contribution in [0.15, 0.2) is 42.5 Å². The van der Waals surface area contributed by atoms with Crippen LogP contribution in [0.3, 0.4) is 0 Å². The van der Waals surface area contributed by atoms with Crippen LogP contribution in [0.4, 0.5) is 11.4 Å². The Morgan fingerprint density at radius 3 is 2.10 bits per heavy atom. The molecule has 7 heteroatoms. The Kier molecular flexibility index (Phi) is 7.89. The number of rotatable bonds is 9. The summed E-state index contributed by atoms with van der Waals surface area (Å²) in [5.74, 6) is 1.54. The van der Waals surface area contributed by atoms with Crippen LogP contribution in [0.1, 0.15) is 38.7 Å². The number of carbonyl (C=O) groups is 2. The molecule has 2 atom stereocenters. The van der Waals surface area contributed by atoms with Gasteiger partial charge in [-0.05, 0) is 49.1 Å². The second-order valence-corrected chi connectivity index (χ2v) is 7.84. The third-order valence-electron chi connectivity index (χ3n) is 5.52. The molecule has 2 aromatic carbocycles. The molecule has 166 valence electrons. The Hall–Kier alpha value is -3.06. The number of ether oxygens (including phenoxy) is 2. The Morgan fingerprint density at radius 1 is 0.903 bits per heavy atom. The van der Waals surface area contributed by atoms with Gasteiger partial charge in [-0.15, -0.1) is 0 Å². The summed E-state index contributed by atoms with van der Waals surface area (Å²) in [6.07, 6.45) is 1.08. The van der Waals surface area contributed by atoms with Crippen molar-refractivity contribution in [1.29, 1.82) is 0 Å². The molecule has 1 aliphatic rings. The standard InChI is InChI=1S/C24H31N3O4/c1-4-17(3)18-6-8-19(9-7-18)25-23(28)15-27(5-2)16-24(29)26-20-10-11-21-22(14-20)31-13-12-30-21/h6-11,14,17H,4-5,12-13,15-16H2,1-3H3,(H,25,28)(H,26,29)/p+1/t17-/m1/s1. The van der Waals surface area contributed by atoms with Crippen molar-refractivity contribution in [1.82, 2.24) is 0 Å². The maximum absolute atomic E-state index is 12.5. The fourth-order valence-electron chi connectivity index (χ4n) is 3.43. The summed E-state index contributed by atoms with van der Waals surface area (Å²) in [6.45, 7) is 8.41. The molecule has 7 nitrogen and oxygen atoms in total. The fraction of sp³-hybridized carbons (Fsp3) is 0.417. The van der Waals surface area contributed by atoms with Crippen molar-refractivity contribution in [3.05, 3.63) is 48.0 Å². The molecule has 3 rings (SSSR count). The second kappa shape index (κ2) is 10.8. The van der Waals surface area contributed by atoms with Gasteiger partial charge < -0.3 is 25.0 Å². The Morgan fingerprint density at radius 2 is 1.48 bits per heavy atom. The van der Waals surface area contributed by atoms with E-state index in [1.807, 2.05) is 19.1 Å². The first-order valence-corrected chi connectivity index (χ1v) is 10.9. The number of fused-ring (bicyclic) bond motifs is 1. The number of quaternary nitrogens is 1. The van der Waals surface area contributed by atoms with Gasteiger partial charge in [-0.1, -0.05) is 26.0 Å². The summed E-state index contributed by atoms with van der Waals surface area (Å²) >= 11 is 0. The van der Waals surface area contributed by atoms with Crippen molar-refractivity contribution < 1.29 is 24.0 Å². The Labute approximate surface area is 183 Å². The van der Waals surface area contributed by atoms with Crippen LogP contribution in [-0.4, -0.2) is 44.7 Å². The van der Waals surface area contributed by atoms with Gasteiger partial charge in [-0.25, -0.2) is 0 Å².